The van der Waals surface area contributed by atoms with Gasteiger partial charge < -0.3 is 9.80 Å². The second-order valence-electron chi connectivity index (χ2n) is 7.91. The molecule has 2 aliphatic rings. The number of pyridine rings is 1. The van der Waals surface area contributed by atoms with Crippen molar-refractivity contribution in [3.8, 4) is 0 Å². The summed E-state index contributed by atoms with van der Waals surface area (Å²) in [5, 5.41) is 0. The fourth-order valence-electron chi connectivity index (χ4n) is 4.20. The molecule has 2 saturated heterocycles. The molecule has 2 aliphatic heterocycles. The first kappa shape index (κ1) is 19.5. The second kappa shape index (κ2) is 8.68. The third kappa shape index (κ3) is 4.28. The number of carbonyl (C=O) groups is 2. The van der Waals surface area contributed by atoms with Crippen molar-refractivity contribution < 1.29 is 9.59 Å². The maximum atomic E-state index is 12.8. The second-order valence-corrected chi connectivity index (χ2v) is 7.91. The minimum absolute atomic E-state index is 0.00332. The van der Waals surface area contributed by atoms with Gasteiger partial charge in [0.15, 0.2) is 0 Å². The zero-order valence-electron chi connectivity index (χ0n) is 16.9. The Morgan fingerprint density at radius 3 is 2.52 bits per heavy atom. The first-order valence-corrected chi connectivity index (χ1v) is 10.5. The number of rotatable bonds is 3. The number of likely N-dealkylation sites (tertiary alicyclic amines) is 2. The van der Waals surface area contributed by atoms with E-state index in [0.29, 0.717) is 17.7 Å². The van der Waals surface area contributed by atoms with E-state index in [4.69, 9.17) is 0 Å². The smallest absolute Gasteiger partial charge is 0.257 e. The third-order valence-corrected chi connectivity index (χ3v) is 5.85. The van der Waals surface area contributed by atoms with Gasteiger partial charge >= 0.3 is 0 Å². The van der Waals surface area contributed by atoms with Crippen LogP contribution in [0.5, 0.6) is 0 Å². The number of piperidine rings is 2. The molecule has 0 N–H and O–H groups in total. The SMILES string of the molecule is Cc1nc([C@H]2CCCN(C(=O)c3cccnc3)C2)ncc1C(=O)N1CCCCC1. The van der Waals surface area contributed by atoms with Gasteiger partial charge in [-0.15, -0.1) is 0 Å². The lowest BCUT2D eigenvalue weighted by Gasteiger charge is -2.32. The van der Waals surface area contributed by atoms with Crippen LogP contribution in [0.3, 0.4) is 0 Å². The molecule has 29 heavy (non-hydrogen) atoms. The Morgan fingerprint density at radius 2 is 1.79 bits per heavy atom. The van der Waals surface area contributed by atoms with E-state index in [1.165, 1.54) is 6.42 Å². The topological polar surface area (TPSA) is 79.3 Å². The molecule has 2 aromatic rings. The summed E-state index contributed by atoms with van der Waals surface area (Å²) in [4.78, 5) is 42.6. The van der Waals surface area contributed by atoms with Gasteiger partial charge in [0.2, 0.25) is 0 Å². The quantitative estimate of drug-likeness (QED) is 0.801. The van der Waals surface area contributed by atoms with Gasteiger partial charge in [-0.3, -0.25) is 14.6 Å². The standard InChI is InChI=1S/C22H27N5O2/c1-16-19(22(29)26-10-3-2-4-11-26)14-24-20(25-16)18-8-6-12-27(15-18)21(28)17-7-5-9-23-13-17/h5,7,9,13-14,18H,2-4,6,8,10-12,15H2,1H3/t18-/m0/s1. The average molecular weight is 393 g/mol. The number of aromatic nitrogens is 3. The first-order valence-electron chi connectivity index (χ1n) is 10.5. The van der Waals surface area contributed by atoms with Crippen LogP contribution in [0, 0.1) is 6.92 Å². The van der Waals surface area contributed by atoms with Crippen LogP contribution in [0.1, 0.15) is 70.3 Å². The predicted octanol–water partition coefficient (Wildman–Crippen LogP) is 2.83. The molecule has 4 rings (SSSR count). The van der Waals surface area contributed by atoms with Crippen molar-refractivity contribution in [1.29, 1.82) is 0 Å². The Morgan fingerprint density at radius 1 is 1.00 bits per heavy atom. The van der Waals surface area contributed by atoms with Crippen LogP contribution in [0.15, 0.2) is 30.7 Å². The number of hydrogen-bond acceptors (Lipinski definition) is 5. The number of hydrogen-bond donors (Lipinski definition) is 0. The van der Waals surface area contributed by atoms with E-state index in [1.54, 1.807) is 30.7 Å². The molecule has 7 nitrogen and oxygen atoms in total. The fourth-order valence-corrected chi connectivity index (χ4v) is 4.20. The minimum atomic E-state index is -0.00332. The van der Waals surface area contributed by atoms with Crippen LogP contribution < -0.4 is 0 Å². The first-order chi connectivity index (χ1) is 14.1. The Kier molecular flexibility index (Phi) is 5.83. The maximum Gasteiger partial charge on any atom is 0.257 e. The molecule has 2 aromatic heterocycles. The molecule has 0 unspecified atom stereocenters. The lowest BCUT2D eigenvalue weighted by atomic mass is 9.96. The molecule has 1 atom stereocenters. The zero-order chi connectivity index (χ0) is 20.2. The van der Waals surface area contributed by atoms with Crippen molar-refractivity contribution in [1.82, 2.24) is 24.8 Å². The molecule has 7 heteroatoms. The minimum Gasteiger partial charge on any atom is -0.339 e. The summed E-state index contributed by atoms with van der Waals surface area (Å²) in [5.41, 5.74) is 1.92. The van der Waals surface area contributed by atoms with Crippen molar-refractivity contribution in [3.63, 3.8) is 0 Å². The third-order valence-electron chi connectivity index (χ3n) is 5.85. The highest BCUT2D eigenvalue weighted by atomic mass is 16.2. The van der Waals surface area contributed by atoms with Crippen molar-refractivity contribution in [2.24, 2.45) is 0 Å². The van der Waals surface area contributed by atoms with Crippen molar-refractivity contribution in [2.45, 2.75) is 44.9 Å². The zero-order valence-corrected chi connectivity index (χ0v) is 16.9. The van der Waals surface area contributed by atoms with Gasteiger partial charge in [0.1, 0.15) is 5.82 Å². The highest BCUT2D eigenvalue weighted by Gasteiger charge is 2.28. The van der Waals surface area contributed by atoms with Crippen LogP contribution in [0.4, 0.5) is 0 Å². The number of amides is 2. The summed E-state index contributed by atoms with van der Waals surface area (Å²) in [7, 11) is 0. The normalized spacial score (nSPS) is 19.8. The van der Waals surface area contributed by atoms with Crippen molar-refractivity contribution in [3.05, 3.63) is 53.4 Å². The number of aryl methyl sites for hydroxylation is 1. The Bertz CT molecular complexity index is 880. The molecule has 0 bridgehead atoms. The number of carbonyl (C=O) groups excluding carboxylic acids is 2. The van der Waals surface area contributed by atoms with E-state index in [1.807, 2.05) is 16.7 Å². The monoisotopic (exact) mass is 393 g/mol. The van der Waals surface area contributed by atoms with Crippen molar-refractivity contribution in [2.75, 3.05) is 26.2 Å². The van der Waals surface area contributed by atoms with E-state index in [9.17, 15) is 9.59 Å². The van der Waals surface area contributed by atoms with E-state index < -0.39 is 0 Å². The molecule has 0 radical (unpaired) electrons. The van der Waals surface area contributed by atoms with E-state index >= 15 is 0 Å². The summed E-state index contributed by atoms with van der Waals surface area (Å²) in [6, 6.07) is 3.57. The summed E-state index contributed by atoms with van der Waals surface area (Å²) >= 11 is 0. The van der Waals surface area contributed by atoms with Gasteiger partial charge in [0.05, 0.1) is 16.8 Å². The molecule has 0 saturated carbocycles. The van der Waals surface area contributed by atoms with Gasteiger partial charge in [-0.1, -0.05) is 0 Å². The Labute approximate surface area is 171 Å². The van der Waals surface area contributed by atoms with E-state index in [-0.39, 0.29) is 17.7 Å². The maximum absolute atomic E-state index is 12.8. The predicted molar refractivity (Wildman–Crippen MR) is 109 cm³/mol. The largest absolute Gasteiger partial charge is 0.339 e. The molecule has 152 valence electrons. The molecule has 2 fully saturated rings. The van der Waals surface area contributed by atoms with Gasteiger partial charge in [-0.05, 0) is 51.2 Å². The molecular weight excluding hydrogens is 366 g/mol. The van der Waals surface area contributed by atoms with E-state index in [2.05, 4.69) is 15.0 Å². The summed E-state index contributed by atoms with van der Waals surface area (Å²) in [6.45, 7) is 4.83. The van der Waals surface area contributed by atoms with E-state index in [0.717, 1.165) is 56.8 Å². The van der Waals surface area contributed by atoms with Crippen LogP contribution in [-0.4, -0.2) is 62.7 Å². The lowest BCUT2D eigenvalue weighted by molar-refractivity contribution is 0.0703. The Hall–Kier alpha value is -2.83. The van der Waals surface area contributed by atoms with Gasteiger partial charge in [0, 0.05) is 50.7 Å². The molecule has 0 aliphatic carbocycles. The van der Waals surface area contributed by atoms with Crippen molar-refractivity contribution >= 4 is 11.8 Å². The summed E-state index contributed by atoms with van der Waals surface area (Å²) in [6.07, 6.45) is 10.1. The van der Waals surface area contributed by atoms with Gasteiger partial charge in [0.25, 0.3) is 11.8 Å². The van der Waals surface area contributed by atoms with Crippen LogP contribution >= 0.6 is 0 Å². The van der Waals surface area contributed by atoms with Gasteiger partial charge in [-0.25, -0.2) is 9.97 Å². The van der Waals surface area contributed by atoms with Crippen LogP contribution in [0.2, 0.25) is 0 Å². The fraction of sp³-hybridized carbons (Fsp3) is 0.500. The van der Waals surface area contributed by atoms with Gasteiger partial charge in [-0.2, -0.15) is 0 Å². The molecule has 0 aromatic carbocycles. The summed E-state index contributed by atoms with van der Waals surface area (Å²) < 4.78 is 0. The number of nitrogens with zero attached hydrogens (tertiary/aromatic N) is 5. The van der Waals surface area contributed by atoms with Crippen LogP contribution in [0.25, 0.3) is 0 Å². The molecule has 4 heterocycles. The van der Waals surface area contributed by atoms with Crippen LogP contribution in [-0.2, 0) is 0 Å². The Balaban J connectivity index is 1.47. The lowest BCUT2D eigenvalue weighted by Crippen LogP contribution is -2.39. The highest BCUT2D eigenvalue weighted by molar-refractivity contribution is 5.95. The molecule has 2 amide bonds. The molecular formula is C22H27N5O2. The average Bonchev–Trinajstić information content (AvgIpc) is 2.79. The highest BCUT2D eigenvalue weighted by Crippen LogP contribution is 2.26. The summed E-state index contributed by atoms with van der Waals surface area (Å²) in [5.74, 6) is 0.839. The molecule has 0 spiro atoms.